The van der Waals surface area contributed by atoms with E-state index < -0.39 is 24.0 Å². The quantitative estimate of drug-likeness (QED) is 0.367. The normalized spacial score (nSPS) is 11.5. The summed E-state index contributed by atoms with van der Waals surface area (Å²) in [5.41, 5.74) is 4.72. The number of thiazole rings is 1. The van der Waals surface area contributed by atoms with Gasteiger partial charge in [0.25, 0.3) is 5.91 Å². The second kappa shape index (κ2) is 12.2. The van der Waals surface area contributed by atoms with Crippen molar-refractivity contribution in [2.45, 2.75) is 26.0 Å². The molecule has 3 aromatic rings. The molecule has 0 saturated heterocycles. The number of hydrogen-bond acceptors (Lipinski definition) is 7. The monoisotopic (exact) mass is 499 g/mol. The standard InChI is InChI=1S/C24H25N3O5S2/c1-15-5-3-4-6-18(15)20-11-16(26-24(31)32-13-17-12-25-14-34-17)7-8-19(20)22(28)27-21(23(29)30)9-10-33-2/h3-8,11-12,14,21H,9-10,13H2,1-2H3,(H,26,31)(H,27,28)(H,29,30)/t21-/m0/s1. The third kappa shape index (κ3) is 6.82. The van der Waals surface area contributed by atoms with Crippen molar-refractivity contribution in [2.24, 2.45) is 0 Å². The predicted octanol–water partition coefficient (Wildman–Crippen LogP) is 4.80. The van der Waals surface area contributed by atoms with E-state index in [0.29, 0.717) is 29.0 Å². The number of aliphatic carboxylic acids is 1. The Morgan fingerprint density at radius 2 is 1.97 bits per heavy atom. The van der Waals surface area contributed by atoms with Crippen LogP contribution in [0.5, 0.6) is 0 Å². The number of carboxylic acids is 1. The average Bonchev–Trinajstić information content (AvgIpc) is 3.34. The molecule has 0 aliphatic carbocycles. The van der Waals surface area contributed by atoms with E-state index in [-0.39, 0.29) is 6.61 Å². The van der Waals surface area contributed by atoms with Gasteiger partial charge in [0.2, 0.25) is 0 Å². The smallest absolute Gasteiger partial charge is 0.411 e. The highest BCUT2D eigenvalue weighted by atomic mass is 32.2. The molecule has 0 aliphatic rings. The van der Waals surface area contributed by atoms with Gasteiger partial charge in [-0.05, 0) is 60.2 Å². The molecule has 3 N–H and O–H groups in total. The molecular formula is C24H25N3O5S2. The van der Waals surface area contributed by atoms with Crippen molar-refractivity contribution in [1.29, 1.82) is 0 Å². The molecule has 1 heterocycles. The Kier molecular flexibility index (Phi) is 9.06. The number of rotatable bonds is 10. The van der Waals surface area contributed by atoms with E-state index in [4.69, 9.17) is 4.74 Å². The molecule has 178 valence electrons. The van der Waals surface area contributed by atoms with Gasteiger partial charge < -0.3 is 15.2 Å². The molecule has 0 aliphatic heterocycles. The van der Waals surface area contributed by atoms with Gasteiger partial charge in [0, 0.05) is 17.4 Å². The zero-order valence-corrected chi connectivity index (χ0v) is 20.4. The lowest BCUT2D eigenvalue weighted by Gasteiger charge is -2.18. The SMILES string of the molecule is CSCC[C@H](NC(=O)c1ccc(NC(=O)OCc2cncs2)cc1-c1ccccc1C)C(=O)O. The fraction of sp³-hybridized carbons (Fsp3) is 0.250. The summed E-state index contributed by atoms with van der Waals surface area (Å²) in [5.74, 6) is -0.970. The molecule has 0 fully saturated rings. The van der Waals surface area contributed by atoms with Gasteiger partial charge in [-0.25, -0.2) is 9.59 Å². The predicted molar refractivity (Wildman–Crippen MR) is 134 cm³/mol. The summed E-state index contributed by atoms with van der Waals surface area (Å²) in [6, 6.07) is 11.4. The van der Waals surface area contributed by atoms with Gasteiger partial charge in [-0.15, -0.1) is 11.3 Å². The van der Waals surface area contributed by atoms with Crippen LogP contribution in [-0.2, 0) is 16.1 Å². The van der Waals surface area contributed by atoms with Crippen LogP contribution in [0.1, 0.15) is 27.2 Å². The zero-order chi connectivity index (χ0) is 24.5. The van der Waals surface area contributed by atoms with Crippen molar-refractivity contribution in [3.8, 4) is 11.1 Å². The fourth-order valence-corrected chi connectivity index (χ4v) is 4.23. The Morgan fingerprint density at radius 1 is 1.18 bits per heavy atom. The first-order valence-electron chi connectivity index (χ1n) is 10.4. The number of benzene rings is 2. The number of carbonyl (C=O) groups is 3. The van der Waals surface area contributed by atoms with E-state index >= 15 is 0 Å². The third-order valence-corrected chi connectivity index (χ3v) is 6.39. The summed E-state index contributed by atoms with van der Waals surface area (Å²) in [4.78, 5) is 41.7. The highest BCUT2D eigenvalue weighted by molar-refractivity contribution is 7.98. The number of nitrogens with zero attached hydrogens (tertiary/aromatic N) is 1. The maximum atomic E-state index is 13.1. The molecule has 8 nitrogen and oxygen atoms in total. The van der Waals surface area contributed by atoms with E-state index in [2.05, 4.69) is 15.6 Å². The molecule has 0 saturated carbocycles. The summed E-state index contributed by atoms with van der Waals surface area (Å²) >= 11 is 2.90. The molecule has 0 spiro atoms. The lowest BCUT2D eigenvalue weighted by atomic mass is 9.94. The summed E-state index contributed by atoms with van der Waals surface area (Å²) in [5, 5.41) is 14.8. The molecular weight excluding hydrogens is 474 g/mol. The van der Waals surface area contributed by atoms with Crippen LogP contribution in [0.25, 0.3) is 11.1 Å². The summed E-state index contributed by atoms with van der Waals surface area (Å²) in [6.45, 7) is 2.02. The number of thioether (sulfide) groups is 1. The topological polar surface area (TPSA) is 118 Å². The minimum atomic E-state index is -1.08. The van der Waals surface area contributed by atoms with Gasteiger partial charge >= 0.3 is 12.1 Å². The highest BCUT2D eigenvalue weighted by Gasteiger charge is 2.23. The summed E-state index contributed by atoms with van der Waals surface area (Å²) in [6.07, 6.45) is 3.19. The number of amides is 2. The second-order valence-corrected chi connectivity index (χ2v) is 9.35. The van der Waals surface area contributed by atoms with Crippen LogP contribution in [0, 0.1) is 6.92 Å². The molecule has 2 amide bonds. The van der Waals surface area contributed by atoms with Crippen LogP contribution < -0.4 is 10.6 Å². The van der Waals surface area contributed by atoms with Crippen LogP contribution >= 0.6 is 23.1 Å². The van der Waals surface area contributed by atoms with E-state index in [1.807, 2.05) is 37.4 Å². The van der Waals surface area contributed by atoms with Gasteiger partial charge in [0.15, 0.2) is 0 Å². The molecule has 0 radical (unpaired) electrons. The fourth-order valence-electron chi connectivity index (χ4n) is 3.25. The highest BCUT2D eigenvalue weighted by Crippen LogP contribution is 2.30. The number of ether oxygens (including phenoxy) is 1. The molecule has 10 heteroatoms. The van der Waals surface area contributed by atoms with Crippen molar-refractivity contribution in [3.05, 3.63) is 70.2 Å². The molecule has 1 atom stereocenters. The van der Waals surface area contributed by atoms with Crippen LogP contribution in [0.2, 0.25) is 0 Å². The summed E-state index contributed by atoms with van der Waals surface area (Å²) < 4.78 is 5.23. The number of aromatic nitrogens is 1. The molecule has 0 bridgehead atoms. The number of carbonyl (C=O) groups excluding carboxylic acids is 2. The van der Waals surface area contributed by atoms with E-state index in [0.717, 1.165) is 16.0 Å². The Hall–Kier alpha value is -3.37. The van der Waals surface area contributed by atoms with E-state index in [1.165, 1.54) is 23.1 Å². The minimum Gasteiger partial charge on any atom is -0.480 e. The number of anilines is 1. The van der Waals surface area contributed by atoms with Gasteiger partial charge in [0.1, 0.15) is 12.6 Å². The molecule has 3 rings (SSSR count). The Balaban J connectivity index is 1.85. The number of carboxylic acid groups (broad SMARTS) is 1. The number of hydrogen-bond donors (Lipinski definition) is 3. The van der Waals surface area contributed by atoms with E-state index in [1.54, 1.807) is 29.9 Å². The molecule has 2 aromatic carbocycles. The minimum absolute atomic E-state index is 0.105. The first-order chi connectivity index (χ1) is 16.4. The Morgan fingerprint density at radius 3 is 2.65 bits per heavy atom. The van der Waals surface area contributed by atoms with Crippen LogP contribution in [0.4, 0.5) is 10.5 Å². The second-order valence-electron chi connectivity index (χ2n) is 7.39. The van der Waals surface area contributed by atoms with Crippen LogP contribution in [0.15, 0.2) is 54.2 Å². The average molecular weight is 500 g/mol. The maximum absolute atomic E-state index is 13.1. The van der Waals surface area contributed by atoms with Gasteiger partial charge in [-0.2, -0.15) is 11.8 Å². The van der Waals surface area contributed by atoms with Crippen molar-refractivity contribution < 1.29 is 24.2 Å². The van der Waals surface area contributed by atoms with Gasteiger partial charge in [-0.1, -0.05) is 24.3 Å². The molecule has 34 heavy (non-hydrogen) atoms. The lowest BCUT2D eigenvalue weighted by Crippen LogP contribution is -2.41. The van der Waals surface area contributed by atoms with Gasteiger partial charge in [-0.3, -0.25) is 15.1 Å². The van der Waals surface area contributed by atoms with E-state index in [9.17, 15) is 19.5 Å². The van der Waals surface area contributed by atoms with Crippen molar-refractivity contribution in [1.82, 2.24) is 10.3 Å². The largest absolute Gasteiger partial charge is 0.480 e. The van der Waals surface area contributed by atoms with Crippen molar-refractivity contribution >= 4 is 46.8 Å². The molecule has 0 unspecified atom stereocenters. The number of nitrogens with one attached hydrogen (secondary N) is 2. The molecule has 1 aromatic heterocycles. The Labute approximate surface area is 205 Å². The summed E-state index contributed by atoms with van der Waals surface area (Å²) in [7, 11) is 0. The zero-order valence-electron chi connectivity index (χ0n) is 18.7. The first kappa shape index (κ1) is 25.3. The van der Waals surface area contributed by atoms with Crippen molar-refractivity contribution in [3.63, 3.8) is 0 Å². The van der Waals surface area contributed by atoms with Crippen molar-refractivity contribution in [2.75, 3.05) is 17.3 Å². The maximum Gasteiger partial charge on any atom is 0.411 e. The Bertz CT molecular complexity index is 1150. The first-order valence-corrected chi connectivity index (χ1v) is 12.7. The van der Waals surface area contributed by atoms with Gasteiger partial charge in [0.05, 0.1) is 10.4 Å². The van der Waals surface area contributed by atoms with Crippen LogP contribution in [0.3, 0.4) is 0 Å². The van der Waals surface area contributed by atoms with Crippen LogP contribution in [-0.4, -0.2) is 46.1 Å². The third-order valence-electron chi connectivity index (χ3n) is 4.99. The lowest BCUT2D eigenvalue weighted by molar-refractivity contribution is -0.139. The number of aryl methyl sites for hydroxylation is 1.